The summed E-state index contributed by atoms with van der Waals surface area (Å²) in [7, 11) is 3.55. The Morgan fingerprint density at radius 2 is 1.77 bits per heavy atom. The third kappa shape index (κ3) is 2.23. The van der Waals surface area contributed by atoms with Gasteiger partial charge in [0.1, 0.15) is 6.29 Å². The summed E-state index contributed by atoms with van der Waals surface area (Å²) in [5.74, 6) is 0.0254. The Kier molecular flexibility index (Phi) is 2.93. The van der Waals surface area contributed by atoms with Gasteiger partial charge in [0.05, 0.1) is 19.7 Å². The number of benzene rings is 1. The number of quaternary nitrogens is 1. The van der Waals surface area contributed by atoms with E-state index in [0.29, 0.717) is 11.1 Å². The number of nitrogens with one attached hydrogen (secondary N) is 1. The van der Waals surface area contributed by atoms with Crippen LogP contribution in [0.1, 0.15) is 20.7 Å². The lowest BCUT2D eigenvalue weighted by Gasteiger charge is -2.03. The van der Waals surface area contributed by atoms with Crippen LogP contribution in [0, 0.1) is 0 Å². The quantitative estimate of drug-likeness (QED) is 0.636. The van der Waals surface area contributed by atoms with E-state index in [4.69, 9.17) is 0 Å². The summed E-state index contributed by atoms with van der Waals surface area (Å²) in [4.78, 5) is 22.5. The first kappa shape index (κ1) is 9.61. The van der Waals surface area contributed by atoms with Gasteiger partial charge in [-0.3, -0.25) is 9.69 Å². The molecule has 3 heteroatoms. The molecule has 0 saturated carbocycles. The zero-order valence-electron chi connectivity index (χ0n) is 7.70. The fourth-order valence-electron chi connectivity index (χ4n) is 1.00. The number of amides is 1. The van der Waals surface area contributed by atoms with E-state index in [1.807, 2.05) is 0 Å². The van der Waals surface area contributed by atoms with Gasteiger partial charge >= 0.3 is 5.91 Å². The minimum atomic E-state index is 0.0254. The zero-order valence-corrected chi connectivity index (χ0v) is 7.70. The van der Waals surface area contributed by atoms with Crippen LogP contribution in [0.4, 0.5) is 0 Å². The molecule has 0 aliphatic rings. The Hall–Kier alpha value is -1.48. The van der Waals surface area contributed by atoms with Crippen LogP contribution in [0.2, 0.25) is 0 Å². The van der Waals surface area contributed by atoms with Crippen LogP contribution >= 0.6 is 0 Å². The second-order valence-corrected chi connectivity index (χ2v) is 3.07. The summed E-state index contributed by atoms with van der Waals surface area (Å²) >= 11 is 0. The van der Waals surface area contributed by atoms with Gasteiger partial charge < -0.3 is 0 Å². The van der Waals surface area contributed by atoms with Crippen LogP contribution < -0.4 is 4.90 Å². The first-order valence-corrected chi connectivity index (χ1v) is 4.05. The van der Waals surface area contributed by atoms with Crippen LogP contribution in [0.5, 0.6) is 0 Å². The van der Waals surface area contributed by atoms with Crippen molar-refractivity contribution in [3.8, 4) is 0 Å². The number of carbonyl (C=O) groups is 2. The van der Waals surface area contributed by atoms with Crippen LogP contribution in [-0.2, 0) is 0 Å². The molecule has 3 nitrogen and oxygen atoms in total. The fourth-order valence-corrected chi connectivity index (χ4v) is 1.00. The van der Waals surface area contributed by atoms with Gasteiger partial charge in [-0.25, -0.2) is 4.79 Å². The predicted octanol–water partition coefficient (Wildman–Crippen LogP) is -0.216. The molecule has 0 unspecified atom stereocenters. The molecule has 1 N–H and O–H groups in total. The van der Waals surface area contributed by atoms with Crippen molar-refractivity contribution >= 4 is 12.2 Å². The SMILES string of the molecule is C[NH+](C)C(=O)c1ccc(C=O)cc1. The molecule has 0 bridgehead atoms. The van der Waals surface area contributed by atoms with Crippen molar-refractivity contribution in [3.05, 3.63) is 35.4 Å². The van der Waals surface area contributed by atoms with Gasteiger partial charge in [0.15, 0.2) is 0 Å². The summed E-state index contributed by atoms with van der Waals surface area (Å²) in [6.45, 7) is 0. The highest BCUT2D eigenvalue weighted by Crippen LogP contribution is 2.00. The largest absolute Gasteiger partial charge is 0.343 e. The van der Waals surface area contributed by atoms with E-state index in [1.165, 1.54) is 0 Å². The zero-order chi connectivity index (χ0) is 9.84. The normalized spacial score (nSPS) is 10.1. The molecule has 1 rings (SSSR count). The Morgan fingerprint density at radius 1 is 1.23 bits per heavy atom. The molecule has 0 radical (unpaired) electrons. The summed E-state index contributed by atoms with van der Waals surface area (Å²) in [6.07, 6.45) is 0.761. The van der Waals surface area contributed by atoms with Crippen molar-refractivity contribution in [2.24, 2.45) is 0 Å². The lowest BCUT2D eigenvalue weighted by atomic mass is 10.1. The third-order valence-electron chi connectivity index (χ3n) is 1.76. The second kappa shape index (κ2) is 3.96. The topological polar surface area (TPSA) is 38.6 Å². The maximum Gasteiger partial charge on any atom is 0.343 e. The minimum absolute atomic E-state index is 0.0254. The summed E-state index contributed by atoms with van der Waals surface area (Å²) in [5, 5.41) is 0. The molecule has 0 aliphatic carbocycles. The molecule has 1 aromatic rings. The molecule has 0 fully saturated rings. The van der Waals surface area contributed by atoms with E-state index >= 15 is 0 Å². The van der Waals surface area contributed by atoms with E-state index < -0.39 is 0 Å². The number of carbonyl (C=O) groups excluding carboxylic acids is 2. The standard InChI is InChI=1S/C10H11NO2/c1-11(2)10(13)9-5-3-8(7-12)4-6-9/h3-7H,1-2H3/p+1. The average molecular weight is 178 g/mol. The third-order valence-corrected chi connectivity index (χ3v) is 1.76. The summed E-state index contributed by atoms with van der Waals surface area (Å²) in [5.41, 5.74) is 1.22. The lowest BCUT2D eigenvalue weighted by Crippen LogP contribution is -3.08. The molecule has 0 saturated heterocycles. The van der Waals surface area contributed by atoms with Crippen LogP contribution in [0.15, 0.2) is 24.3 Å². The van der Waals surface area contributed by atoms with E-state index in [-0.39, 0.29) is 5.91 Å². The Balaban J connectivity index is 2.92. The van der Waals surface area contributed by atoms with E-state index in [0.717, 1.165) is 11.2 Å². The molecule has 1 amide bonds. The molecule has 0 aromatic heterocycles. The first-order valence-electron chi connectivity index (χ1n) is 4.05. The van der Waals surface area contributed by atoms with Gasteiger partial charge in [0.2, 0.25) is 0 Å². The van der Waals surface area contributed by atoms with Crippen molar-refractivity contribution in [1.82, 2.24) is 0 Å². The van der Waals surface area contributed by atoms with E-state index in [1.54, 1.807) is 38.4 Å². The predicted molar refractivity (Wildman–Crippen MR) is 49.0 cm³/mol. The highest BCUT2D eigenvalue weighted by molar-refractivity contribution is 5.88. The van der Waals surface area contributed by atoms with Gasteiger partial charge in [0.25, 0.3) is 0 Å². The smallest absolute Gasteiger partial charge is 0.298 e. The Bertz CT molecular complexity index is 314. The number of aldehydes is 1. The van der Waals surface area contributed by atoms with Gasteiger partial charge in [-0.05, 0) is 12.1 Å². The molecule has 0 atom stereocenters. The molecule has 0 heterocycles. The van der Waals surface area contributed by atoms with Crippen LogP contribution in [0.25, 0.3) is 0 Å². The molecule has 13 heavy (non-hydrogen) atoms. The fraction of sp³-hybridized carbons (Fsp3) is 0.200. The first-order chi connectivity index (χ1) is 6.15. The number of hydrogen-bond donors (Lipinski definition) is 1. The molecule has 0 spiro atoms. The average Bonchev–Trinajstić information content (AvgIpc) is 2.17. The summed E-state index contributed by atoms with van der Waals surface area (Å²) in [6, 6.07) is 6.62. The van der Waals surface area contributed by atoms with Crippen LogP contribution in [0.3, 0.4) is 0 Å². The monoisotopic (exact) mass is 178 g/mol. The van der Waals surface area contributed by atoms with Gasteiger partial charge in [-0.1, -0.05) is 12.1 Å². The molecule has 68 valence electrons. The van der Waals surface area contributed by atoms with Gasteiger partial charge in [-0.15, -0.1) is 0 Å². The lowest BCUT2D eigenvalue weighted by molar-refractivity contribution is -0.767. The Labute approximate surface area is 77.0 Å². The molecular formula is C10H12NO2+. The second-order valence-electron chi connectivity index (χ2n) is 3.07. The maximum atomic E-state index is 11.4. The maximum absolute atomic E-state index is 11.4. The molecular weight excluding hydrogens is 166 g/mol. The minimum Gasteiger partial charge on any atom is -0.298 e. The number of hydrogen-bond acceptors (Lipinski definition) is 2. The molecule has 0 aliphatic heterocycles. The highest BCUT2D eigenvalue weighted by Gasteiger charge is 2.11. The van der Waals surface area contributed by atoms with Crippen molar-refractivity contribution < 1.29 is 14.5 Å². The van der Waals surface area contributed by atoms with Gasteiger partial charge in [0, 0.05) is 5.56 Å². The molecule has 1 aromatic carbocycles. The number of rotatable bonds is 2. The van der Waals surface area contributed by atoms with Gasteiger partial charge in [-0.2, -0.15) is 0 Å². The van der Waals surface area contributed by atoms with Crippen molar-refractivity contribution in [2.75, 3.05) is 14.1 Å². The van der Waals surface area contributed by atoms with Crippen molar-refractivity contribution in [3.63, 3.8) is 0 Å². The van der Waals surface area contributed by atoms with E-state index in [2.05, 4.69) is 0 Å². The Morgan fingerprint density at radius 3 is 2.15 bits per heavy atom. The van der Waals surface area contributed by atoms with Crippen molar-refractivity contribution in [2.45, 2.75) is 0 Å². The van der Waals surface area contributed by atoms with Crippen molar-refractivity contribution in [1.29, 1.82) is 0 Å². The van der Waals surface area contributed by atoms with E-state index in [9.17, 15) is 9.59 Å². The summed E-state index contributed by atoms with van der Waals surface area (Å²) < 4.78 is 0. The highest BCUT2D eigenvalue weighted by atomic mass is 16.2. The van der Waals surface area contributed by atoms with Crippen LogP contribution in [-0.4, -0.2) is 26.3 Å².